The molecule has 1 unspecified atom stereocenters. The van der Waals surface area contributed by atoms with Gasteiger partial charge in [-0.1, -0.05) is 6.07 Å². The summed E-state index contributed by atoms with van der Waals surface area (Å²) >= 11 is 1.82. The molecule has 1 aromatic rings. The molecule has 2 rings (SSSR count). The monoisotopic (exact) mass is 282 g/mol. The van der Waals surface area contributed by atoms with Crippen LogP contribution in [-0.4, -0.2) is 44.3 Å². The van der Waals surface area contributed by atoms with Gasteiger partial charge in [-0.15, -0.1) is 11.3 Å². The predicted molar refractivity (Wildman–Crippen MR) is 81.7 cm³/mol. The molecule has 2 heterocycles. The standard InChI is InChI=1S/C15H26N2OS/c1-13(10-16-11-15-4-3-9-19-15)17(2)12-14-5-7-18-8-6-14/h3-4,9,13-14,16H,5-8,10-12H2,1-2H3. The van der Waals surface area contributed by atoms with Gasteiger partial charge in [-0.05, 0) is 44.2 Å². The minimum absolute atomic E-state index is 0.586. The first-order chi connectivity index (χ1) is 9.25. The summed E-state index contributed by atoms with van der Waals surface area (Å²) in [6, 6.07) is 4.89. The largest absolute Gasteiger partial charge is 0.381 e. The quantitative estimate of drug-likeness (QED) is 0.832. The molecule has 1 aliphatic rings. The van der Waals surface area contributed by atoms with Gasteiger partial charge >= 0.3 is 0 Å². The topological polar surface area (TPSA) is 24.5 Å². The van der Waals surface area contributed by atoms with E-state index in [0.717, 1.165) is 32.2 Å². The van der Waals surface area contributed by atoms with Crippen molar-refractivity contribution in [3.8, 4) is 0 Å². The molecule has 1 fully saturated rings. The van der Waals surface area contributed by atoms with E-state index in [9.17, 15) is 0 Å². The molecule has 1 aromatic heterocycles. The highest BCUT2D eigenvalue weighted by Gasteiger charge is 2.18. The summed E-state index contributed by atoms with van der Waals surface area (Å²) in [4.78, 5) is 3.90. The molecule has 0 bridgehead atoms. The molecule has 3 nitrogen and oxygen atoms in total. The number of thiophene rings is 1. The third-order valence-electron chi connectivity index (χ3n) is 3.96. The van der Waals surface area contributed by atoms with Crippen LogP contribution in [0.15, 0.2) is 17.5 Å². The molecule has 0 saturated carbocycles. The SMILES string of the molecule is CC(CNCc1cccs1)N(C)CC1CCOCC1. The summed E-state index contributed by atoms with van der Waals surface area (Å²) in [5.41, 5.74) is 0. The number of hydrogen-bond acceptors (Lipinski definition) is 4. The number of likely N-dealkylation sites (N-methyl/N-ethyl adjacent to an activating group) is 1. The van der Waals surface area contributed by atoms with Crippen molar-refractivity contribution in [3.63, 3.8) is 0 Å². The Bertz CT molecular complexity index is 336. The number of nitrogens with one attached hydrogen (secondary N) is 1. The van der Waals surface area contributed by atoms with Crippen LogP contribution in [0.4, 0.5) is 0 Å². The van der Waals surface area contributed by atoms with Gasteiger partial charge in [0.1, 0.15) is 0 Å². The molecule has 1 saturated heterocycles. The van der Waals surface area contributed by atoms with E-state index in [0.29, 0.717) is 6.04 Å². The average molecular weight is 282 g/mol. The van der Waals surface area contributed by atoms with Gasteiger partial charge in [0, 0.05) is 43.8 Å². The lowest BCUT2D eigenvalue weighted by molar-refractivity contribution is 0.0513. The van der Waals surface area contributed by atoms with Crippen molar-refractivity contribution in [2.75, 3.05) is 33.4 Å². The third kappa shape index (κ3) is 5.22. The Morgan fingerprint density at radius 2 is 2.26 bits per heavy atom. The summed E-state index contributed by atoms with van der Waals surface area (Å²) in [6.07, 6.45) is 2.44. The van der Waals surface area contributed by atoms with E-state index in [1.807, 2.05) is 11.3 Å². The highest BCUT2D eigenvalue weighted by atomic mass is 32.1. The van der Waals surface area contributed by atoms with E-state index < -0.39 is 0 Å². The second-order valence-electron chi connectivity index (χ2n) is 5.55. The lowest BCUT2D eigenvalue weighted by Crippen LogP contribution is -2.41. The zero-order valence-corrected chi connectivity index (χ0v) is 12.9. The maximum Gasteiger partial charge on any atom is 0.0469 e. The first-order valence-electron chi connectivity index (χ1n) is 7.27. The molecule has 0 spiro atoms. The summed E-state index contributed by atoms with van der Waals surface area (Å²) < 4.78 is 5.42. The van der Waals surface area contributed by atoms with Gasteiger partial charge in [0.15, 0.2) is 0 Å². The molecule has 1 atom stereocenters. The molecule has 0 amide bonds. The Morgan fingerprint density at radius 1 is 1.47 bits per heavy atom. The summed E-state index contributed by atoms with van der Waals surface area (Å²) in [5, 5.41) is 5.69. The molecule has 0 radical (unpaired) electrons. The molecule has 1 N–H and O–H groups in total. The second-order valence-corrected chi connectivity index (χ2v) is 6.59. The van der Waals surface area contributed by atoms with Crippen LogP contribution in [0.2, 0.25) is 0 Å². The van der Waals surface area contributed by atoms with Gasteiger partial charge in [-0.25, -0.2) is 0 Å². The van der Waals surface area contributed by atoms with Crippen LogP contribution >= 0.6 is 11.3 Å². The highest BCUT2D eigenvalue weighted by molar-refractivity contribution is 7.09. The average Bonchev–Trinajstić information content (AvgIpc) is 2.93. The van der Waals surface area contributed by atoms with E-state index in [2.05, 4.69) is 41.7 Å². The Morgan fingerprint density at radius 3 is 2.95 bits per heavy atom. The Balaban J connectivity index is 1.62. The highest BCUT2D eigenvalue weighted by Crippen LogP contribution is 2.16. The van der Waals surface area contributed by atoms with Crippen molar-refractivity contribution in [2.24, 2.45) is 5.92 Å². The lowest BCUT2D eigenvalue weighted by atomic mass is 9.99. The van der Waals surface area contributed by atoms with Crippen LogP contribution in [0, 0.1) is 5.92 Å². The fourth-order valence-electron chi connectivity index (χ4n) is 2.49. The maximum absolute atomic E-state index is 5.42. The number of rotatable bonds is 7. The number of nitrogens with zero attached hydrogens (tertiary/aromatic N) is 1. The summed E-state index contributed by atoms with van der Waals surface area (Å²) in [6.45, 7) is 7.45. The number of ether oxygens (including phenoxy) is 1. The summed E-state index contributed by atoms with van der Waals surface area (Å²) in [5.74, 6) is 0.818. The second kappa shape index (κ2) is 8.00. The van der Waals surface area contributed by atoms with Crippen LogP contribution in [-0.2, 0) is 11.3 Å². The van der Waals surface area contributed by atoms with E-state index >= 15 is 0 Å². The van der Waals surface area contributed by atoms with Crippen molar-refractivity contribution in [1.82, 2.24) is 10.2 Å². The fraction of sp³-hybridized carbons (Fsp3) is 0.733. The Kier molecular flexibility index (Phi) is 6.31. The molecular formula is C15H26N2OS. The minimum Gasteiger partial charge on any atom is -0.381 e. The van der Waals surface area contributed by atoms with E-state index in [1.54, 1.807) is 0 Å². The first-order valence-corrected chi connectivity index (χ1v) is 8.14. The van der Waals surface area contributed by atoms with Crippen molar-refractivity contribution < 1.29 is 4.74 Å². The van der Waals surface area contributed by atoms with Gasteiger partial charge < -0.3 is 15.0 Å². The molecule has 0 aliphatic carbocycles. The zero-order chi connectivity index (χ0) is 13.5. The van der Waals surface area contributed by atoms with Crippen molar-refractivity contribution in [3.05, 3.63) is 22.4 Å². The third-order valence-corrected chi connectivity index (χ3v) is 4.83. The molecule has 1 aliphatic heterocycles. The molecule has 108 valence electrons. The van der Waals surface area contributed by atoms with Crippen LogP contribution in [0.5, 0.6) is 0 Å². The fourth-order valence-corrected chi connectivity index (χ4v) is 3.16. The molecule has 19 heavy (non-hydrogen) atoms. The van der Waals surface area contributed by atoms with Crippen molar-refractivity contribution in [2.45, 2.75) is 32.4 Å². The van der Waals surface area contributed by atoms with Gasteiger partial charge in [-0.2, -0.15) is 0 Å². The van der Waals surface area contributed by atoms with Gasteiger partial charge in [0.05, 0.1) is 0 Å². The predicted octanol–water partition coefficient (Wildman–Crippen LogP) is 2.58. The van der Waals surface area contributed by atoms with Crippen LogP contribution in [0.25, 0.3) is 0 Å². The van der Waals surface area contributed by atoms with Crippen molar-refractivity contribution >= 4 is 11.3 Å². The lowest BCUT2D eigenvalue weighted by Gasteiger charge is -2.31. The maximum atomic E-state index is 5.42. The first kappa shape index (κ1) is 15.0. The van der Waals surface area contributed by atoms with Crippen LogP contribution in [0.3, 0.4) is 0 Å². The Hall–Kier alpha value is -0.420. The smallest absolute Gasteiger partial charge is 0.0469 e. The van der Waals surface area contributed by atoms with Crippen molar-refractivity contribution in [1.29, 1.82) is 0 Å². The minimum atomic E-state index is 0.586. The molecule has 0 aromatic carbocycles. The van der Waals surface area contributed by atoms with Crippen LogP contribution in [0.1, 0.15) is 24.6 Å². The van der Waals surface area contributed by atoms with Gasteiger partial charge in [-0.3, -0.25) is 0 Å². The van der Waals surface area contributed by atoms with Gasteiger partial charge in [0.25, 0.3) is 0 Å². The van der Waals surface area contributed by atoms with E-state index in [4.69, 9.17) is 4.74 Å². The molecular weight excluding hydrogens is 256 g/mol. The number of hydrogen-bond donors (Lipinski definition) is 1. The van der Waals surface area contributed by atoms with E-state index in [1.165, 1.54) is 24.3 Å². The Labute approximate surface area is 121 Å². The van der Waals surface area contributed by atoms with Gasteiger partial charge in [0.2, 0.25) is 0 Å². The van der Waals surface area contributed by atoms with Crippen LogP contribution < -0.4 is 5.32 Å². The zero-order valence-electron chi connectivity index (χ0n) is 12.1. The summed E-state index contributed by atoms with van der Waals surface area (Å²) in [7, 11) is 2.24. The normalized spacial score (nSPS) is 18.9. The molecule has 4 heteroatoms. The van der Waals surface area contributed by atoms with E-state index in [-0.39, 0.29) is 0 Å².